The summed E-state index contributed by atoms with van der Waals surface area (Å²) >= 11 is 0. The van der Waals surface area contributed by atoms with Crippen molar-refractivity contribution in [1.82, 2.24) is 14.4 Å². The molecule has 18 rings (SSSR count). The Morgan fingerprint density at radius 3 is 1.59 bits per heavy atom. The zero-order valence-electron chi connectivity index (χ0n) is 35.9. The highest BCUT2D eigenvalue weighted by Gasteiger charge is 2.67. The number of para-hydroxylation sites is 1. The van der Waals surface area contributed by atoms with E-state index in [9.17, 15) is 0 Å². The number of hydrogen-bond acceptors (Lipinski definition) is 3. The second kappa shape index (κ2) is 10.9. The van der Waals surface area contributed by atoms with Gasteiger partial charge in [-0.1, -0.05) is 78.9 Å². The molecule has 8 aliphatic carbocycles. The molecule has 0 radical (unpaired) electrons. The van der Waals surface area contributed by atoms with E-state index >= 15 is 0 Å². The van der Waals surface area contributed by atoms with Gasteiger partial charge in [0.2, 0.25) is 0 Å². The molecule has 10 unspecified atom stereocenters. The maximum Gasteiger partial charge on any atom is 0.144 e. The van der Waals surface area contributed by atoms with Crippen molar-refractivity contribution in [2.45, 2.75) is 87.9 Å². The second-order valence-corrected chi connectivity index (χ2v) is 22.5. The molecule has 5 heterocycles. The van der Waals surface area contributed by atoms with Crippen molar-refractivity contribution in [3.8, 4) is 33.4 Å². The van der Waals surface area contributed by atoms with E-state index in [1.165, 1.54) is 158 Å². The summed E-state index contributed by atoms with van der Waals surface area (Å²) in [6.45, 7) is 0. The van der Waals surface area contributed by atoms with Gasteiger partial charge in [0.05, 0.1) is 28.9 Å². The first-order valence-electron chi connectivity index (χ1n) is 24.8. The highest BCUT2D eigenvalue weighted by Crippen LogP contribution is 2.78. The highest BCUT2D eigenvalue weighted by atomic mass is 16.3. The van der Waals surface area contributed by atoms with Gasteiger partial charge in [0.1, 0.15) is 11.2 Å². The molecule has 0 amide bonds. The van der Waals surface area contributed by atoms with Crippen LogP contribution < -0.4 is 0 Å². The Kier molecular flexibility index (Phi) is 5.71. The van der Waals surface area contributed by atoms with Gasteiger partial charge in [0.15, 0.2) is 0 Å². The standard InChI is InChI=1S/C60H47N3O/c1-3-9-30(10-4-1)42-23-43(31-11-5-2-6-12-31)52-41-13-7-8-14-48(41)64-58(52)49(42)32-19-44-53-46(28-61-55-35-17-39-21-37-15-33(50(53)55)24-59(37,39)26-35)63-47-29-62-56-36-18-40-22-38-16-34(25-60(38,40)27-36)51(56)54(47)45(20-32)57(44)63/h1-14,19-20,23,28-29,33-40H,15-18,21-22,24-27H2. The third-order valence-electron chi connectivity index (χ3n) is 20.5. The Morgan fingerprint density at radius 1 is 0.484 bits per heavy atom. The van der Waals surface area contributed by atoms with Crippen LogP contribution in [0.25, 0.3) is 93.4 Å². The van der Waals surface area contributed by atoms with E-state index in [0.29, 0.717) is 34.5 Å². The molecule has 6 saturated carbocycles. The summed E-state index contributed by atoms with van der Waals surface area (Å²) in [7, 11) is 0. The lowest BCUT2D eigenvalue weighted by molar-refractivity contribution is 0.00321. The lowest BCUT2D eigenvalue weighted by Crippen LogP contribution is -2.41. The van der Waals surface area contributed by atoms with Crippen molar-refractivity contribution in [1.29, 1.82) is 0 Å². The summed E-state index contributed by atoms with van der Waals surface area (Å²) < 4.78 is 9.93. The van der Waals surface area contributed by atoms with Crippen molar-refractivity contribution in [3.63, 3.8) is 0 Å². The third kappa shape index (κ3) is 3.66. The van der Waals surface area contributed by atoms with Crippen LogP contribution in [0.1, 0.15) is 110 Å². The summed E-state index contributed by atoms with van der Waals surface area (Å²) in [5.41, 5.74) is 20.5. The van der Waals surface area contributed by atoms with E-state index < -0.39 is 0 Å². The average Bonchev–Trinajstić information content (AvgIpc) is 4.18. The van der Waals surface area contributed by atoms with Crippen molar-refractivity contribution < 1.29 is 4.42 Å². The van der Waals surface area contributed by atoms with Gasteiger partial charge in [-0.05, 0) is 174 Å². The largest absolute Gasteiger partial charge is 0.455 e. The van der Waals surface area contributed by atoms with Gasteiger partial charge in [-0.15, -0.1) is 0 Å². The predicted octanol–water partition coefficient (Wildman–Crippen LogP) is 15.3. The normalized spacial score (nSPS) is 32.2. The minimum atomic E-state index is 0.568. The van der Waals surface area contributed by atoms with Crippen LogP contribution in [-0.2, 0) is 0 Å². The smallest absolute Gasteiger partial charge is 0.144 e. The minimum absolute atomic E-state index is 0.568. The molecule has 5 aromatic heterocycles. The Hall–Kier alpha value is -6.00. The van der Waals surface area contributed by atoms with Crippen LogP contribution in [0.15, 0.2) is 120 Å². The molecule has 8 aliphatic rings. The van der Waals surface area contributed by atoms with Crippen molar-refractivity contribution in [2.24, 2.45) is 34.5 Å². The monoisotopic (exact) mass is 825 g/mol. The molecule has 10 atom stereocenters. The Morgan fingerprint density at radius 2 is 1.00 bits per heavy atom. The zero-order valence-corrected chi connectivity index (χ0v) is 35.9. The molecule has 2 spiro atoms. The summed E-state index contributed by atoms with van der Waals surface area (Å²) in [5, 5.41) is 8.16. The zero-order chi connectivity index (χ0) is 40.9. The fraction of sp³-hybridized carbons (Fsp3) is 0.333. The maximum absolute atomic E-state index is 7.27. The van der Waals surface area contributed by atoms with Crippen molar-refractivity contribution in [2.75, 3.05) is 0 Å². The van der Waals surface area contributed by atoms with Crippen LogP contribution in [0.2, 0.25) is 0 Å². The van der Waals surface area contributed by atoms with E-state index in [1.807, 2.05) is 0 Å². The lowest BCUT2D eigenvalue weighted by atomic mass is 9.56. The molecule has 0 saturated heterocycles. The SMILES string of the molecule is c1ccc(-c2cc(-c3ccccc3)c3c(oc4ccccc43)c2-c2cc3c4c5c(ncc4n4c6cnc7c(c6c(c2)c34)C2CC3CC4CC7CC43C2)C2CC3CC4CC5CC34C2)cc1. The summed E-state index contributed by atoms with van der Waals surface area (Å²) in [5.74, 6) is 6.00. The van der Waals surface area contributed by atoms with Gasteiger partial charge in [-0.3, -0.25) is 9.97 Å². The number of hydrogen-bond donors (Lipinski definition) is 0. The molecule has 6 fully saturated rings. The number of rotatable bonds is 3. The Bertz CT molecular complexity index is 3630. The number of aromatic nitrogens is 3. The fourth-order valence-electron chi connectivity index (χ4n) is 18.3. The second-order valence-electron chi connectivity index (χ2n) is 22.5. The van der Waals surface area contributed by atoms with Crippen LogP contribution in [0, 0.1) is 34.5 Å². The molecule has 5 aromatic carbocycles. The third-order valence-corrected chi connectivity index (χ3v) is 20.5. The molecular weight excluding hydrogens is 779 g/mol. The van der Waals surface area contributed by atoms with Crippen LogP contribution in [-0.4, -0.2) is 14.4 Å². The number of fused-ring (bicyclic) bond motifs is 21. The van der Waals surface area contributed by atoms with Crippen LogP contribution in [0.3, 0.4) is 0 Å². The van der Waals surface area contributed by atoms with E-state index in [0.717, 1.165) is 34.8 Å². The van der Waals surface area contributed by atoms with Crippen LogP contribution >= 0.6 is 0 Å². The summed E-state index contributed by atoms with van der Waals surface area (Å²) in [6.07, 6.45) is 18.3. The number of benzene rings is 5. The van der Waals surface area contributed by atoms with Crippen LogP contribution in [0.4, 0.5) is 0 Å². The number of nitrogens with zero attached hydrogens (tertiary/aromatic N) is 3. The fourth-order valence-corrected chi connectivity index (χ4v) is 18.3. The van der Waals surface area contributed by atoms with Gasteiger partial charge >= 0.3 is 0 Å². The van der Waals surface area contributed by atoms with Gasteiger partial charge in [0, 0.05) is 61.1 Å². The highest BCUT2D eigenvalue weighted by molar-refractivity contribution is 6.27. The first-order valence-corrected chi connectivity index (χ1v) is 24.8. The van der Waals surface area contributed by atoms with Gasteiger partial charge in [0.25, 0.3) is 0 Å². The first kappa shape index (κ1) is 33.5. The molecule has 0 N–H and O–H groups in total. The van der Waals surface area contributed by atoms with E-state index in [2.05, 4.69) is 120 Å². The summed E-state index contributed by atoms with van der Waals surface area (Å²) in [4.78, 5) is 11.2. The minimum Gasteiger partial charge on any atom is -0.455 e. The van der Waals surface area contributed by atoms with Gasteiger partial charge < -0.3 is 8.82 Å². The Balaban J connectivity index is 1.02. The van der Waals surface area contributed by atoms with Gasteiger partial charge in [-0.2, -0.15) is 0 Å². The summed E-state index contributed by atoms with van der Waals surface area (Å²) in [6, 6.07) is 38.5. The molecule has 6 bridgehead atoms. The van der Waals surface area contributed by atoms with Crippen molar-refractivity contribution in [3.05, 3.63) is 138 Å². The van der Waals surface area contributed by atoms with Crippen LogP contribution in [0.5, 0.6) is 0 Å². The Labute approximate surface area is 371 Å². The molecule has 64 heavy (non-hydrogen) atoms. The first-order chi connectivity index (χ1) is 31.6. The molecule has 308 valence electrons. The lowest BCUT2D eigenvalue weighted by Gasteiger charge is -2.48. The maximum atomic E-state index is 7.27. The molecule has 0 aliphatic heterocycles. The number of furan rings is 1. The quantitative estimate of drug-likeness (QED) is 0.178. The molecular formula is C60H47N3O. The van der Waals surface area contributed by atoms with E-state index in [4.69, 9.17) is 14.4 Å². The van der Waals surface area contributed by atoms with E-state index in [1.54, 1.807) is 11.1 Å². The van der Waals surface area contributed by atoms with Gasteiger partial charge in [-0.25, -0.2) is 0 Å². The van der Waals surface area contributed by atoms with E-state index in [-0.39, 0.29) is 0 Å². The average molecular weight is 826 g/mol. The number of pyridine rings is 2. The van der Waals surface area contributed by atoms with Crippen molar-refractivity contribution >= 4 is 60.0 Å². The molecule has 4 heteroatoms. The predicted molar refractivity (Wildman–Crippen MR) is 256 cm³/mol. The topological polar surface area (TPSA) is 43.3 Å². The molecule has 4 nitrogen and oxygen atoms in total. The molecule has 10 aromatic rings.